The Bertz CT molecular complexity index is 374. The lowest BCUT2D eigenvalue weighted by molar-refractivity contribution is 0.834. The minimum Gasteiger partial charge on any atom is -0.388 e. The first-order valence-electron chi connectivity index (χ1n) is 5.26. The highest BCUT2D eigenvalue weighted by Crippen LogP contribution is 2.08. The summed E-state index contributed by atoms with van der Waals surface area (Å²) in [6.45, 7) is 8.17. The molecule has 2 heteroatoms. The van der Waals surface area contributed by atoms with E-state index in [4.69, 9.17) is 0 Å². The minimum atomic E-state index is 0.787. The predicted molar refractivity (Wildman–Crippen MR) is 71.3 cm³/mol. The summed E-state index contributed by atoms with van der Waals surface area (Å²) in [6.07, 6.45) is 5.42. The zero-order valence-electron chi connectivity index (χ0n) is 9.66. The molecule has 0 unspecified atom stereocenters. The van der Waals surface area contributed by atoms with E-state index >= 15 is 0 Å². The second-order valence-electron chi connectivity index (χ2n) is 3.36. The molecule has 0 fully saturated rings. The number of hydrogen-bond donors (Lipinski definition) is 2. The van der Waals surface area contributed by atoms with Crippen molar-refractivity contribution < 1.29 is 0 Å². The highest BCUT2D eigenvalue weighted by molar-refractivity contribution is 5.43. The smallest absolute Gasteiger partial charge is 0.0400 e. The van der Waals surface area contributed by atoms with E-state index in [2.05, 4.69) is 48.1 Å². The molecule has 0 saturated heterocycles. The van der Waals surface area contributed by atoms with Gasteiger partial charge in [-0.15, -0.1) is 0 Å². The molecule has 0 spiro atoms. The molecule has 0 heterocycles. The summed E-state index contributed by atoms with van der Waals surface area (Å²) in [6, 6.07) is 8.30. The van der Waals surface area contributed by atoms with E-state index in [1.807, 2.05) is 13.1 Å². The Kier molecular flexibility index (Phi) is 4.93. The molecule has 2 nitrogen and oxygen atoms in total. The average molecular weight is 214 g/mol. The molecule has 0 radical (unpaired) electrons. The zero-order valence-corrected chi connectivity index (χ0v) is 9.66. The molecule has 0 atom stereocenters. The van der Waals surface area contributed by atoms with Crippen molar-refractivity contribution in [2.24, 2.45) is 0 Å². The van der Waals surface area contributed by atoms with E-state index in [0.717, 1.165) is 17.9 Å². The van der Waals surface area contributed by atoms with Crippen LogP contribution >= 0.6 is 0 Å². The van der Waals surface area contributed by atoms with Crippen LogP contribution in [0.5, 0.6) is 0 Å². The third kappa shape index (κ3) is 3.65. The summed E-state index contributed by atoms with van der Waals surface area (Å²) in [5.74, 6) is 0. The van der Waals surface area contributed by atoms with Crippen molar-refractivity contribution in [3.63, 3.8) is 0 Å². The Hall–Kier alpha value is -1.96. The second-order valence-corrected chi connectivity index (χ2v) is 3.36. The molecule has 0 aliphatic carbocycles. The molecule has 1 aromatic rings. The van der Waals surface area contributed by atoms with Crippen LogP contribution in [0.4, 0.5) is 5.69 Å². The van der Waals surface area contributed by atoms with Gasteiger partial charge in [-0.1, -0.05) is 31.4 Å². The lowest BCUT2D eigenvalue weighted by atomic mass is 10.2. The van der Waals surface area contributed by atoms with Gasteiger partial charge in [-0.25, -0.2) is 0 Å². The van der Waals surface area contributed by atoms with Crippen LogP contribution in [0.2, 0.25) is 0 Å². The standard InChI is InChI=1S/C14H18N2/c1-4-6-13(5-2)16-11-12-7-9-14(15-3)10-8-12/h4-10,15-16H,1-2,11H2,3H3/b13-6+. The lowest BCUT2D eigenvalue weighted by Crippen LogP contribution is -2.10. The van der Waals surface area contributed by atoms with Gasteiger partial charge in [0.25, 0.3) is 0 Å². The van der Waals surface area contributed by atoms with Crippen molar-refractivity contribution >= 4 is 5.69 Å². The first-order chi connectivity index (χ1) is 7.80. The summed E-state index contributed by atoms with van der Waals surface area (Å²) in [5.41, 5.74) is 3.33. The summed E-state index contributed by atoms with van der Waals surface area (Å²) < 4.78 is 0. The van der Waals surface area contributed by atoms with Gasteiger partial charge in [-0.2, -0.15) is 0 Å². The fraction of sp³-hybridized carbons (Fsp3) is 0.143. The summed E-state index contributed by atoms with van der Waals surface area (Å²) >= 11 is 0. The third-order valence-electron chi connectivity index (χ3n) is 2.26. The lowest BCUT2D eigenvalue weighted by Gasteiger charge is -2.07. The van der Waals surface area contributed by atoms with Gasteiger partial charge < -0.3 is 10.6 Å². The van der Waals surface area contributed by atoms with Crippen molar-refractivity contribution in [2.45, 2.75) is 6.54 Å². The van der Waals surface area contributed by atoms with Gasteiger partial charge in [0.2, 0.25) is 0 Å². The van der Waals surface area contributed by atoms with E-state index < -0.39 is 0 Å². The number of hydrogen-bond acceptors (Lipinski definition) is 2. The van der Waals surface area contributed by atoms with E-state index in [1.165, 1.54) is 5.56 Å². The molecule has 16 heavy (non-hydrogen) atoms. The minimum absolute atomic E-state index is 0.787. The maximum atomic E-state index is 3.73. The van der Waals surface area contributed by atoms with Gasteiger partial charge in [0, 0.05) is 25.0 Å². The van der Waals surface area contributed by atoms with Crippen LogP contribution < -0.4 is 10.6 Å². The second kappa shape index (κ2) is 6.51. The molecule has 2 N–H and O–H groups in total. The number of allylic oxidation sites excluding steroid dienone is 3. The van der Waals surface area contributed by atoms with E-state index in [-0.39, 0.29) is 0 Å². The molecule has 84 valence electrons. The van der Waals surface area contributed by atoms with Gasteiger partial charge in [0.15, 0.2) is 0 Å². The van der Waals surface area contributed by atoms with Crippen LogP contribution in [0, 0.1) is 0 Å². The van der Waals surface area contributed by atoms with Gasteiger partial charge in [-0.3, -0.25) is 0 Å². The summed E-state index contributed by atoms with van der Waals surface area (Å²) in [7, 11) is 1.91. The third-order valence-corrected chi connectivity index (χ3v) is 2.26. The Morgan fingerprint density at radius 3 is 2.44 bits per heavy atom. The molecule has 1 rings (SSSR count). The maximum Gasteiger partial charge on any atom is 0.0400 e. The number of anilines is 1. The van der Waals surface area contributed by atoms with Crippen molar-refractivity contribution in [3.05, 3.63) is 66.9 Å². The fourth-order valence-corrected chi connectivity index (χ4v) is 1.32. The van der Waals surface area contributed by atoms with E-state index in [9.17, 15) is 0 Å². The van der Waals surface area contributed by atoms with E-state index in [0.29, 0.717) is 0 Å². The molecule has 0 aromatic heterocycles. The van der Waals surface area contributed by atoms with E-state index in [1.54, 1.807) is 12.2 Å². The molecule has 0 aliphatic heterocycles. The first kappa shape index (κ1) is 12.1. The van der Waals surface area contributed by atoms with Crippen LogP contribution in [-0.4, -0.2) is 7.05 Å². The van der Waals surface area contributed by atoms with Crippen molar-refractivity contribution in [2.75, 3.05) is 12.4 Å². The van der Waals surface area contributed by atoms with Crippen molar-refractivity contribution in [1.82, 2.24) is 5.32 Å². The zero-order chi connectivity index (χ0) is 11.8. The Balaban J connectivity index is 2.56. The highest BCUT2D eigenvalue weighted by Gasteiger charge is 1.93. The average Bonchev–Trinajstić information content (AvgIpc) is 2.35. The topological polar surface area (TPSA) is 24.1 Å². The summed E-state index contributed by atoms with van der Waals surface area (Å²) in [4.78, 5) is 0. The largest absolute Gasteiger partial charge is 0.388 e. The van der Waals surface area contributed by atoms with Crippen LogP contribution in [0.1, 0.15) is 5.56 Å². The first-order valence-corrected chi connectivity index (χ1v) is 5.26. The van der Waals surface area contributed by atoms with Crippen LogP contribution in [0.15, 0.2) is 61.3 Å². The molecule has 0 saturated carbocycles. The number of nitrogens with one attached hydrogen (secondary N) is 2. The van der Waals surface area contributed by atoms with Crippen LogP contribution in [-0.2, 0) is 6.54 Å². The summed E-state index contributed by atoms with van der Waals surface area (Å²) in [5, 5.41) is 6.36. The Morgan fingerprint density at radius 1 is 1.25 bits per heavy atom. The van der Waals surface area contributed by atoms with Gasteiger partial charge in [0.05, 0.1) is 0 Å². The quantitative estimate of drug-likeness (QED) is 0.711. The fourth-order valence-electron chi connectivity index (χ4n) is 1.32. The molecule has 0 bridgehead atoms. The SMILES string of the molecule is C=C/C=C(\C=C)NCc1ccc(NC)cc1. The van der Waals surface area contributed by atoms with Crippen molar-refractivity contribution in [3.8, 4) is 0 Å². The monoisotopic (exact) mass is 214 g/mol. The van der Waals surface area contributed by atoms with Gasteiger partial charge in [-0.05, 0) is 29.8 Å². The highest BCUT2D eigenvalue weighted by atomic mass is 14.9. The maximum absolute atomic E-state index is 3.73. The van der Waals surface area contributed by atoms with Gasteiger partial charge in [0.1, 0.15) is 0 Å². The predicted octanol–water partition coefficient (Wildman–Crippen LogP) is 3.07. The molecular weight excluding hydrogens is 196 g/mol. The molecule has 0 aliphatic rings. The Morgan fingerprint density at radius 2 is 1.94 bits per heavy atom. The number of benzene rings is 1. The van der Waals surface area contributed by atoms with Crippen molar-refractivity contribution in [1.29, 1.82) is 0 Å². The molecule has 1 aromatic carbocycles. The number of rotatable bonds is 6. The van der Waals surface area contributed by atoms with Crippen LogP contribution in [0.25, 0.3) is 0 Å². The van der Waals surface area contributed by atoms with Crippen LogP contribution in [0.3, 0.4) is 0 Å². The van der Waals surface area contributed by atoms with Gasteiger partial charge >= 0.3 is 0 Å². The normalized spacial score (nSPS) is 10.7. The molecular formula is C14H18N2. The molecule has 0 amide bonds. The Labute approximate surface area is 97.4 Å².